The molecule has 1 saturated heterocycles. The second-order valence-corrected chi connectivity index (χ2v) is 6.09. The van der Waals surface area contributed by atoms with E-state index in [2.05, 4.69) is 38.0 Å². The number of anilines is 2. The third-order valence-electron chi connectivity index (χ3n) is 4.57. The van der Waals surface area contributed by atoms with Crippen LogP contribution in [0.25, 0.3) is 11.3 Å². The maximum atomic E-state index is 9.52. The molecule has 0 radical (unpaired) electrons. The van der Waals surface area contributed by atoms with Gasteiger partial charge in [0, 0.05) is 38.1 Å². The van der Waals surface area contributed by atoms with Gasteiger partial charge in [0.05, 0.1) is 5.56 Å². The minimum atomic E-state index is 0.699. The van der Waals surface area contributed by atoms with Gasteiger partial charge >= 0.3 is 0 Å². The van der Waals surface area contributed by atoms with E-state index in [9.17, 15) is 5.26 Å². The monoisotopic (exact) mass is 329 g/mol. The van der Waals surface area contributed by atoms with E-state index in [1.807, 2.05) is 48.7 Å². The van der Waals surface area contributed by atoms with E-state index in [0.717, 1.165) is 49.1 Å². The second kappa shape index (κ2) is 6.70. The molecule has 0 saturated carbocycles. The lowest BCUT2D eigenvalue weighted by molar-refractivity contribution is 0.642. The van der Waals surface area contributed by atoms with Crippen LogP contribution in [0.1, 0.15) is 5.56 Å². The summed E-state index contributed by atoms with van der Waals surface area (Å²) >= 11 is 0. The molecule has 0 unspecified atom stereocenters. The lowest BCUT2D eigenvalue weighted by Gasteiger charge is -2.36. The van der Waals surface area contributed by atoms with Gasteiger partial charge in [-0.1, -0.05) is 36.4 Å². The van der Waals surface area contributed by atoms with Gasteiger partial charge < -0.3 is 14.8 Å². The first-order chi connectivity index (χ1) is 12.3. The number of aromatic amines is 1. The lowest BCUT2D eigenvalue weighted by atomic mass is 10.1. The smallest absolute Gasteiger partial charge is 0.128 e. The number of pyridine rings is 1. The highest BCUT2D eigenvalue weighted by Gasteiger charge is 2.22. The molecule has 5 nitrogen and oxygen atoms in total. The van der Waals surface area contributed by atoms with Crippen LogP contribution in [0.5, 0.6) is 0 Å². The second-order valence-electron chi connectivity index (χ2n) is 6.09. The van der Waals surface area contributed by atoms with Gasteiger partial charge in [-0.15, -0.1) is 0 Å². The SMILES string of the molecule is N#Cc1cc(-c2ccccc2)[nH]c1N1CCN(c2ccccn2)CC1. The van der Waals surface area contributed by atoms with Gasteiger partial charge in [-0.2, -0.15) is 5.26 Å². The fourth-order valence-corrected chi connectivity index (χ4v) is 3.25. The number of H-pyrrole nitrogens is 1. The number of nitrogens with one attached hydrogen (secondary N) is 1. The Hall–Kier alpha value is -3.26. The van der Waals surface area contributed by atoms with Crippen LogP contribution < -0.4 is 9.80 Å². The van der Waals surface area contributed by atoms with Crippen LogP contribution in [-0.4, -0.2) is 36.1 Å². The van der Waals surface area contributed by atoms with E-state index in [0.29, 0.717) is 5.56 Å². The molecule has 124 valence electrons. The zero-order valence-electron chi connectivity index (χ0n) is 13.9. The Bertz CT molecular complexity index is 871. The van der Waals surface area contributed by atoms with Gasteiger partial charge in [-0.05, 0) is 23.8 Å². The van der Waals surface area contributed by atoms with Crippen molar-refractivity contribution in [3.05, 3.63) is 66.4 Å². The number of nitriles is 1. The predicted octanol–water partition coefficient (Wildman–Crippen LogP) is 3.27. The van der Waals surface area contributed by atoms with Crippen molar-refractivity contribution in [1.82, 2.24) is 9.97 Å². The minimum Gasteiger partial charge on any atom is -0.354 e. The van der Waals surface area contributed by atoms with Crippen LogP contribution in [0.4, 0.5) is 11.6 Å². The Labute approximate surface area is 147 Å². The molecule has 0 bridgehead atoms. The summed E-state index contributed by atoms with van der Waals surface area (Å²) in [5.41, 5.74) is 2.78. The average Bonchev–Trinajstić information content (AvgIpc) is 3.14. The summed E-state index contributed by atoms with van der Waals surface area (Å²) < 4.78 is 0. The van der Waals surface area contributed by atoms with E-state index >= 15 is 0 Å². The highest BCUT2D eigenvalue weighted by atomic mass is 15.3. The molecular formula is C20H19N5. The molecule has 3 aromatic rings. The molecule has 2 aromatic heterocycles. The quantitative estimate of drug-likeness (QED) is 0.801. The van der Waals surface area contributed by atoms with Crippen LogP contribution in [0.15, 0.2) is 60.8 Å². The Morgan fingerprint density at radius 2 is 1.64 bits per heavy atom. The van der Waals surface area contributed by atoms with Gasteiger partial charge in [0.1, 0.15) is 17.7 Å². The molecular weight excluding hydrogens is 310 g/mol. The first-order valence-corrected chi connectivity index (χ1v) is 8.44. The first-order valence-electron chi connectivity index (χ1n) is 8.44. The van der Waals surface area contributed by atoms with Crippen molar-refractivity contribution in [2.75, 3.05) is 36.0 Å². The molecule has 1 N–H and O–H groups in total. The fourth-order valence-electron chi connectivity index (χ4n) is 3.25. The van der Waals surface area contributed by atoms with E-state index in [-0.39, 0.29) is 0 Å². The number of nitrogens with zero attached hydrogens (tertiary/aromatic N) is 4. The van der Waals surface area contributed by atoms with Gasteiger partial charge in [-0.3, -0.25) is 0 Å². The molecule has 0 amide bonds. The Balaban J connectivity index is 1.53. The predicted molar refractivity (Wildman–Crippen MR) is 99.6 cm³/mol. The maximum absolute atomic E-state index is 9.52. The van der Waals surface area contributed by atoms with Crippen LogP contribution in [0.3, 0.4) is 0 Å². The lowest BCUT2D eigenvalue weighted by Crippen LogP contribution is -2.47. The molecule has 4 rings (SSSR count). The van der Waals surface area contributed by atoms with Gasteiger partial charge in [0.25, 0.3) is 0 Å². The molecule has 1 fully saturated rings. The van der Waals surface area contributed by atoms with Crippen LogP contribution in [0.2, 0.25) is 0 Å². The number of hydrogen-bond acceptors (Lipinski definition) is 4. The van der Waals surface area contributed by atoms with Crippen molar-refractivity contribution in [1.29, 1.82) is 5.26 Å². The van der Waals surface area contributed by atoms with Gasteiger partial charge in [-0.25, -0.2) is 4.98 Å². The zero-order valence-corrected chi connectivity index (χ0v) is 13.9. The summed E-state index contributed by atoms with van der Waals surface area (Å²) in [5.74, 6) is 1.93. The Morgan fingerprint density at radius 3 is 2.32 bits per heavy atom. The zero-order chi connectivity index (χ0) is 17.1. The normalized spacial score (nSPS) is 14.4. The molecule has 5 heteroatoms. The van der Waals surface area contributed by atoms with Crippen LogP contribution in [-0.2, 0) is 0 Å². The molecule has 1 aliphatic rings. The number of rotatable bonds is 3. The van der Waals surface area contributed by atoms with Crippen molar-refractivity contribution in [2.24, 2.45) is 0 Å². The number of hydrogen-bond donors (Lipinski definition) is 1. The van der Waals surface area contributed by atoms with E-state index in [1.54, 1.807) is 0 Å². The van der Waals surface area contributed by atoms with Gasteiger partial charge in [0.2, 0.25) is 0 Å². The number of piperazine rings is 1. The highest BCUT2D eigenvalue weighted by Crippen LogP contribution is 2.28. The summed E-state index contributed by atoms with van der Waals surface area (Å²) in [5, 5.41) is 9.52. The Kier molecular flexibility index (Phi) is 4.09. The standard InChI is InChI=1S/C20H19N5/c21-15-17-14-18(16-6-2-1-3-7-16)23-20(17)25-12-10-24(11-13-25)19-8-4-5-9-22-19/h1-9,14,23H,10-13H2. The maximum Gasteiger partial charge on any atom is 0.128 e. The molecule has 3 heterocycles. The van der Waals surface area contributed by atoms with Crippen molar-refractivity contribution in [2.45, 2.75) is 0 Å². The molecule has 0 aliphatic carbocycles. The largest absolute Gasteiger partial charge is 0.354 e. The number of benzene rings is 1. The average molecular weight is 329 g/mol. The molecule has 1 aliphatic heterocycles. The summed E-state index contributed by atoms with van der Waals surface area (Å²) in [7, 11) is 0. The molecule has 25 heavy (non-hydrogen) atoms. The van der Waals surface area contributed by atoms with E-state index < -0.39 is 0 Å². The highest BCUT2D eigenvalue weighted by molar-refractivity contribution is 5.69. The summed E-state index contributed by atoms with van der Waals surface area (Å²) in [6.45, 7) is 3.50. The van der Waals surface area contributed by atoms with E-state index in [4.69, 9.17) is 0 Å². The van der Waals surface area contributed by atoms with Gasteiger partial charge in [0.15, 0.2) is 0 Å². The summed E-state index contributed by atoms with van der Waals surface area (Å²) in [6.07, 6.45) is 1.83. The fraction of sp³-hybridized carbons (Fsp3) is 0.200. The minimum absolute atomic E-state index is 0.699. The topological polar surface area (TPSA) is 59.0 Å². The van der Waals surface area contributed by atoms with Crippen LogP contribution >= 0.6 is 0 Å². The van der Waals surface area contributed by atoms with Crippen molar-refractivity contribution in [3.63, 3.8) is 0 Å². The third kappa shape index (κ3) is 3.07. The first kappa shape index (κ1) is 15.3. The summed E-state index contributed by atoms with van der Waals surface area (Å²) in [4.78, 5) is 12.4. The van der Waals surface area contributed by atoms with Crippen molar-refractivity contribution < 1.29 is 0 Å². The summed E-state index contributed by atoms with van der Waals surface area (Å²) in [6, 6.07) is 20.4. The van der Waals surface area contributed by atoms with E-state index in [1.165, 1.54) is 0 Å². The van der Waals surface area contributed by atoms with Crippen molar-refractivity contribution in [3.8, 4) is 17.3 Å². The molecule has 0 atom stereocenters. The molecule has 0 spiro atoms. The Morgan fingerprint density at radius 1 is 0.920 bits per heavy atom. The van der Waals surface area contributed by atoms with Crippen LogP contribution in [0, 0.1) is 11.3 Å². The van der Waals surface area contributed by atoms with Crippen molar-refractivity contribution >= 4 is 11.6 Å². The third-order valence-corrected chi connectivity index (χ3v) is 4.57. The molecule has 1 aromatic carbocycles. The number of aromatic nitrogens is 2.